The van der Waals surface area contributed by atoms with Crippen molar-refractivity contribution in [2.45, 2.75) is 31.9 Å². The molecule has 0 bridgehead atoms. The van der Waals surface area contributed by atoms with Crippen molar-refractivity contribution >= 4 is 11.9 Å². The highest BCUT2D eigenvalue weighted by Crippen LogP contribution is 2.34. The van der Waals surface area contributed by atoms with Gasteiger partial charge >= 0.3 is 5.97 Å². The Morgan fingerprint density at radius 3 is 2.38 bits per heavy atom. The van der Waals surface area contributed by atoms with Crippen LogP contribution in [0.5, 0.6) is 17.2 Å². The number of amides is 1. The molecule has 1 saturated heterocycles. The summed E-state index contributed by atoms with van der Waals surface area (Å²) < 4.78 is 17.0. The summed E-state index contributed by atoms with van der Waals surface area (Å²) in [5, 5.41) is 9.22. The largest absolute Gasteiger partial charge is 0.490 e. The van der Waals surface area contributed by atoms with E-state index >= 15 is 0 Å². The number of likely N-dealkylation sites (tertiary alicyclic amines) is 1. The van der Waals surface area contributed by atoms with Crippen LogP contribution in [0, 0.1) is 0 Å². The summed E-state index contributed by atoms with van der Waals surface area (Å²) in [6.07, 6.45) is 0.182. The van der Waals surface area contributed by atoms with E-state index < -0.39 is 12.0 Å². The van der Waals surface area contributed by atoms with Crippen LogP contribution in [0.1, 0.15) is 30.1 Å². The van der Waals surface area contributed by atoms with Gasteiger partial charge in [-0.3, -0.25) is 9.59 Å². The third kappa shape index (κ3) is 4.86. The molecule has 0 aliphatic carbocycles. The summed E-state index contributed by atoms with van der Waals surface area (Å²) in [4.78, 5) is 26.1. The van der Waals surface area contributed by atoms with E-state index in [2.05, 4.69) is 0 Å². The third-order valence-electron chi connectivity index (χ3n) is 4.87. The number of rotatable bonds is 8. The smallest absolute Gasteiger partial charge is 0.305 e. The fourth-order valence-corrected chi connectivity index (χ4v) is 3.50. The van der Waals surface area contributed by atoms with E-state index in [-0.39, 0.29) is 18.4 Å². The minimum absolute atomic E-state index is 0.123. The Hall–Kier alpha value is -3.06. The van der Waals surface area contributed by atoms with Crippen molar-refractivity contribution in [1.82, 2.24) is 4.90 Å². The molecule has 3 rings (SSSR count). The fraction of sp³-hybridized carbons (Fsp3) is 0.364. The van der Waals surface area contributed by atoms with Crippen LogP contribution in [0.15, 0.2) is 48.5 Å². The molecule has 154 valence electrons. The molecule has 1 heterocycles. The highest BCUT2D eigenvalue weighted by molar-refractivity contribution is 5.97. The molecule has 1 N–H and O–H groups in total. The minimum Gasteiger partial charge on any atom is -0.490 e. The van der Waals surface area contributed by atoms with Gasteiger partial charge in [-0.1, -0.05) is 24.3 Å². The maximum Gasteiger partial charge on any atom is 0.305 e. The number of para-hydroxylation sites is 3. The fourth-order valence-electron chi connectivity index (χ4n) is 3.50. The molecule has 2 aromatic rings. The SMILES string of the molecule is CCOc1ccccc1Oc1ccccc1C(=O)N1CC(OC)CC1CC(=O)O. The van der Waals surface area contributed by atoms with Crippen molar-refractivity contribution in [2.75, 3.05) is 20.3 Å². The summed E-state index contributed by atoms with van der Waals surface area (Å²) in [7, 11) is 1.57. The molecule has 0 radical (unpaired) electrons. The van der Waals surface area contributed by atoms with Gasteiger partial charge in [0.15, 0.2) is 11.5 Å². The number of carbonyl (C=O) groups excluding carboxylic acids is 1. The standard InChI is InChI=1S/C22H25NO6/c1-3-28-19-10-6-7-11-20(19)29-18-9-5-4-8-17(18)22(26)23-14-16(27-2)12-15(23)13-21(24)25/h4-11,15-16H,3,12-14H2,1-2H3,(H,24,25). The number of carbonyl (C=O) groups is 2. The quantitative estimate of drug-likeness (QED) is 0.730. The molecule has 7 nitrogen and oxygen atoms in total. The molecule has 0 aromatic heterocycles. The lowest BCUT2D eigenvalue weighted by atomic mass is 10.1. The lowest BCUT2D eigenvalue weighted by Crippen LogP contribution is -2.37. The maximum atomic E-state index is 13.3. The number of nitrogens with zero attached hydrogens (tertiary/aromatic N) is 1. The first-order chi connectivity index (χ1) is 14.0. The zero-order chi connectivity index (χ0) is 20.8. The van der Waals surface area contributed by atoms with E-state index in [9.17, 15) is 14.7 Å². The number of carboxylic acid groups (broad SMARTS) is 1. The molecular weight excluding hydrogens is 374 g/mol. The summed E-state index contributed by atoms with van der Waals surface area (Å²) in [5.41, 5.74) is 0.367. The minimum atomic E-state index is -0.945. The first-order valence-corrected chi connectivity index (χ1v) is 9.57. The van der Waals surface area contributed by atoms with E-state index in [1.165, 1.54) is 0 Å². The van der Waals surface area contributed by atoms with Gasteiger partial charge in [-0.15, -0.1) is 0 Å². The van der Waals surface area contributed by atoms with Crippen molar-refractivity contribution in [3.05, 3.63) is 54.1 Å². The van der Waals surface area contributed by atoms with E-state index in [1.807, 2.05) is 19.1 Å². The van der Waals surface area contributed by atoms with Gasteiger partial charge in [0, 0.05) is 19.7 Å². The van der Waals surface area contributed by atoms with Gasteiger partial charge in [0.2, 0.25) is 0 Å². The molecule has 7 heteroatoms. The summed E-state index contributed by atoms with van der Waals surface area (Å²) in [6, 6.07) is 13.8. The van der Waals surface area contributed by atoms with Gasteiger partial charge in [0.05, 0.1) is 24.7 Å². The van der Waals surface area contributed by atoms with Gasteiger partial charge in [-0.05, 0) is 37.6 Å². The first-order valence-electron chi connectivity index (χ1n) is 9.57. The van der Waals surface area contributed by atoms with Gasteiger partial charge < -0.3 is 24.2 Å². The Kier molecular flexibility index (Phi) is 6.72. The highest BCUT2D eigenvalue weighted by Gasteiger charge is 2.37. The number of ether oxygens (including phenoxy) is 3. The lowest BCUT2D eigenvalue weighted by Gasteiger charge is -2.24. The van der Waals surface area contributed by atoms with Crippen LogP contribution in [0.25, 0.3) is 0 Å². The molecule has 0 spiro atoms. The van der Waals surface area contributed by atoms with Crippen LogP contribution < -0.4 is 9.47 Å². The monoisotopic (exact) mass is 399 g/mol. The Bertz CT molecular complexity index is 868. The van der Waals surface area contributed by atoms with Crippen molar-refractivity contribution in [3.63, 3.8) is 0 Å². The topological polar surface area (TPSA) is 85.3 Å². The normalized spacial score (nSPS) is 18.5. The number of methoxy groups -OCH3 is 1. The summed E-state index contributed by atoms with van der Waals surface area (Å²) in [6.45, 7) is 2.72. The van der Waals surface area contributed by atoms with E-state index in [4.69, 9.17) is 14.2 Å². The number of aliphatic carboxylic acids is 1. The van der Waals surface area contributed by atoms with Crippen LogP contribution >= 0.6 is 0 Å². The molecule has 29 heavy (non-hydrogen) atoms. The number of hydrogen-bond donors (Lipinski definition) is 1. The lowest BCUT2D eigenvalue weighted by molar-refractivity contribution is -0.137. The van der Waals surface area contributed by atoms with Gasteiger partial charge in [-0.2, -0.15) is 0 Å². The molecule has 0 saturated carbocycles. The molecule has 2 atom stereocenters. The van der Waals surface area contributed by atoms with Crippen molar-refractivity contribution in [3.8, 4) is 17.2 Å². The summed E-state index contributed by atoms with van der Waals surface area (Å²) in [5.74, 6) is 0.258. The number of benzene rings is 2. The van der Waals surface area contributed by atoms with E-state index in [0.717, 1.165) is 0 Å². The average molecular weight is 399 g/mol. The number of carboxylic acids is 1. The van der Waals surface area contributed by atoms with Crippen LogP contribution in [0.2, 0.25) is 0 Å². The highest BCUT2D eigenvalue weighted by atomic mass is 16.5. The van der Waals surface area contributed by atoms with Crippen LogP contribution in [0.3, 0.4) is 0 Å². The second-order valence-electron chi connectivity index (χ2n) is 6.78. The van der Waals surface area contributed by atoms with Gasteiger partial charge in [0.1, 0.15) is 5.75 Å². The predicted molar refractivity (Wildman–Crippen MR) is 107 cm³/mol. The van der Waals surface area contributed by atoms with Crippen LogP contribution in [-0.4, -0.2) is 54.3 Å². The second kappa shape index (κ2) is 9.43. The molecule has 1 amide bonds. The van der Waals surface area contributed by atoms with E-state index in [0.29, 0.717) is 42.4 Å². The molecule has 2 aromatic carbocycles. The zero-order valence-electron chi connectivity index (χ0n) is 16.5. The molecule has 2 unspecified atom stereocenters. The molecule has 1 aliphatic rings. The predicted octanol–water partition coefficient (Wildman–Crippen LogP) is 3.58. The van der Waals surface area contributed by atoms with Crippen LogP contribution in [-0.2, 0) is 9.53 Å². The van der Waals surface area contributed by atoms with Crippen molar-refractivity contribution in [2.24, 2.45) is 0 Å². The average Bonchev–Trinajstić information content (AvgIpc) is 3.12. The van der Waals surface area contributed by atoms with Gasteiger partial charge in [-0.25, -0.2) is 0 Å². The molecule has 1 fully saturated rings. The van der Waals surface area contributed by atoms with Gasteiger partial charge in [0.25, 0.3) is 5.91 Å². The third-order valence-corrected chi connectivity index (χ3v) is 4.87. The van der Waals surface area contributed by atoms with Crippen molar-refractivity contribution < 1.29 is 28.9 Å². The maximum absolute atomic E-state index is 13.3. The Balaban J connectivity index is 1.88. The zero-order valence-corrected chi connectivity index (χ0v) is 16.5. The number of hydrogen-bond acceptors (Lipinski definition) is 5. The molecular formula is C22H25NO6. The Labute approximate surface area is 169 Å². The van der Waals surface area contributed by atoms with E-state index in [1.54, 1.807) is 48.4 Å². The van der Waals surface area contributed by atoms with Crippen molar-refractivity contribution in [1.29, 1.82) is 0 Å². The van der Waals surface area contributed by atoms with Crippen LogP contribution in [0.4, 0.5) is 0 Å². The summed E-state index contributed by atoms with van der Waals surface area (Å²) >= 11 is 0. The second-order valence-corrected chi connectivity index (χ2v) is 6.78. The Morgan fingerprint density at radius 2 is 1.72 bits per heavy atom. The Morgan fingerprint density at radius 1 is 1.07 bits per heavy atom. The molecule has 1 aliphatic heterocycles. The first kappa shape index (κ1) is 20.7.